The summed E-state index contributed by atoms with van der Waals surface area (Å²) in [5.74, 6) is 0.0344. The Labute approximate surface area is 108 Å². The lowest BCUT2D eigenvalue weighted by Crippen LogP contribution is -2.30. The highest BCUT2D eigenvalue weighted by atomic mass is 16.5. The molecular formula is C13H14N2O4. The minimum absolute atomic E-state index is 0.0724. The number of nitrogens with zero attached hydrogens (tertiary/aromatic N) is 1. The van der Waals surface area contributed by atoms with Crippen molar-refractivity contribution < 1.29 is 9.84 Å². The van der Waals surface area contributed by atoms with E-state index >= 15 is 0 Å². The maximum atomic E-state index is 11.9. The molecule has 0 atom stereocenters. The van der Waals surface area contributed by atoms with Crippen LogP contribution < -0.4 is 16.0 Å². The zero-order chi connectivity index (χ0) is 14.2. The fraction of sp³-hybridized carbons (Fsp3) is 0.231. The third-order valence-corrected chi connectivity index (χ3v) is 2.89. The van der Waals surface area contributed by atoms with E-state index in [1.54, 1.807) is 12.1 Å². The highest BCUT2D eigenvalue weighted by Crippen LogP contribution is 2.26. The van der Waals surface area contributed by atoms with Crippen LogP contribution in [0.3, 0.4) is 0 Å². The van der Waals surface area contributed by atoms with Crippen LogP contribution in [-0.4, -0.2) is 21.8 Å². The van der Waals surface area contributed by atoms with Gasteiger partial charge >= 0.3 is 5.69 Å². The third-order valence-electron chi connectivity index (χ3n) is 2.89. The lowest BCUT2D eigenvalue weighted by atomic mass is 10.2. The van der Waals surface area contributed by atoms with Crippen LogP contribution in [0.2, 0.25) is 0 Å². The van der Waals surface area contributed by atoms with Crippen molar-refractivity contribution >= 4 is 0 Å². The summed E-state index contributed by atoms with van der Waals surface area (Å²) < 4.78 is 6.19. The molecule has 6 nitrogen and oxygen atoms in total. The van der Waals surface area contributed by atoms with E-state index in [-0.39, 0.29) is 5.56 Å². The second-order valence-corrected chi connectivity index (χ2v) is 4.22. The molecule has 1 aromatic carbocycles. The topological polar surface area (TPSA) is 84.3 Å². The van der Waals surface area contributed by atoms with Gasteiger partial charge in [0.05, 0.1) is 18.4 Å². The van der Waals surface area contributed by atoms with Crippen molar-refractivity contribution in [2.24, 2.45) is 0 Å². The molecule has 2 rings (SSSR count). The normalized spacial score (nSPS) is 10.5. The number of nitrogens with one attached hydrogen (secondary N) is 1. The second kappa shape index (κ2) is 4.64. The standard InChI is InChI=1S/C13H14N2O4/c1-7-4-5-10(19-3)9(6-7)15-12(17)8(2)11(16)14-13(15)18/h4-6,17H,1-3H3,(H,14,16,18). The lowest BCUT2D eigenvalue weighted by Gasteiger charge is -2.13. The zero-order valence-corrected chi connectivity index (χ0v) is 10.9. The molecule has 0 aliphatic carbocycles. The van der Waals surface area contributed by atoms with Crippen molar-refractivity contribution in [3.05, 3.63) is 50.2 Å². The first-order chi connectivity index (χ1) is 8.95. The molecule has 2 aromatic rings. The molecule has 0 unspecified atom stereocenters. The van der Waals surface area contributed by atoms with Gasteiger partial charge in [0.25, 0.3) is 5.56 Å². The fourth-order valence-corrected chi connectivity index (χ4v) is 1.81. The van der Waals surface area contributed by atoms with E-state index in [1.807, 2.05) is 13.0 Å². The minimum Gasteiger partial charge on any atom is -0.495 e. The Morgan fingerprint density at radius 3 is 2.58 bits per heavy atom. The monoisotopic (exact) mass is 262 g/mol. The number of aromatic amines is 1. The Bertz CT molecular complexity index is 743. The van der Waals surface area contributed by atoms with Gasteiger partial charge in [0.15, 0.2) is 0 Å². The molecule has 0 aliphatic rings. The van der Waals surface area contributed by atoms with Crippen molar-refractivity contribution in [2.45, 2.75) is 13.8 Å². The van der Waals surface area contributed by atoms with E-state index in [2.05, 4.69) is 4.98 Å². The van der Waals surface area contributed by atoms with Crippen LogP contribution in [0.15, 0.2) is 27.8 Å². The Morgan fingerprint density at radius 2 is 1.95 bits per heavy atom. The van der Waals surface area contributed by atoms with Gasteiger partial charge in [-0.05, 0) is 31.5 Å². The molecule has 0 aliphatic heterocycles. The molecule has 0 saturated carbocycles. The molecule has 0 amide bonds. The summed E-state index contributed by atoms with van der Waals surface area (Å²) in [5.41, 5.74) is 0.0285. The van der Waals surface area contributed by atoms with Gasteiger partial charge in [-0.3, -0.25) is 9.78 Å². The van der Waals surface area contributed by atoms with Crippen LogP contribution in [0.25, 0.3) is 5.69 Å². The molecule has 0 fully saturated rings. The number of aromatic hydroxyl groups is 1. The van der Waals surface area contributed by atoms with Gasteiger partial charge in [-0.2, -0.15) is 0 Å². The predicted molar refractivity (Wildman–Crippen MR) is 70.4 cm³/mol. The number of methoxy groups -OCH3 is 1. The van der Waals surface area contributed by atoms with Crippen molar-refractivity contribution in [3.63, 3.8) is 0 Å². The highest BCUT2D eigenvalue weighted by Gasteiger charge is 2.15. The first kappa shape index (κ1) is 12.9. The Hall–Kier alpha value is -2.50. The van der Waals surface area contributed by atoms with Crippen molar-refractivity contribution in [2.75, 3.05) is 7.11 Å². The third kappa shape index (κ3) is 2.12. The molecule has 0 saturated heterocycles. The van der Waals surface area contributed by atoms with Crippen LogP contribution >= 0.6 is 0 Å². The summed E-state index contributed by atoms with van der Waals surface area (Å²) >= 11 is 0. The average Bonchev–Trinajstić information content (AvgIpc) is 2.36. The van der Waals surface area contributed by atoms with E-state index in [0.29, 0.717) is 11.4 Å². The van der Waals surface area contributed by atoms with Gasteiger partial charge in [-0.25, -0.2) is 9.36 Å². The van der Waals surface area contributed by atoms with E-state index in [1.165, 1.54) is 14.0 Å². The predicted octanol–water partition coefficient (Wildman–Crippen LogP) is 0.857. The molecule has 6 heteroatoms. The Balaban J connectivity index is 2.87. The van der Waals surface area contributed by atoms with Gasteiger partial charge in [0.1, 0.15) is 5.75 Å². The quantitative estimate of drug-likeness (QED) is 0.840. The molecule has 19 heavy (non-hydrogen) atoms. The van der Waals surface area contributed by atoms with Crippen LogP contribution in [-0.2, 0) is 0 Å². The van der Waals surface area contributed by atoms with Gasteiger partial charge in [0.2, 0.25) is 5.88 Å². The van der Waals surface area contributed by atoms with Crippen molar-refractivity contribution in [1.29, 1.82) is 0 Å². The highest BCUT2D eigenvalue weighted by molar-refractivity contribution is 5.51. The molecular weight excluding hydrogens is 248 g/mol. The summed E-state index contributed by atoms with van der Waals surface area (Å²) in [6, 6.07) is 5.21. The minimum atomic E-state index is -0.711. The van der Waals surface area contributed by atoms with Crippen molar-refractivity contribution in [3.8, 4) is 17.3 Å². The van der Waals surface area contributed by atoms with Gasteiger partial charge in [-0.1, -0.05) is 6.07 Å². The van der Waals surface area contributed by atoms with E-state index < -0.39 is 17.1 Å². The van der Waals surface area contributed by atoms with E-state index in [0.717, 1.165) is 10.1 Å². The molecule has 1 heterocycles. The summed E-state index contributed by atoms with van der Waals surface area (Å²) in [6.07, 6.45) is 0. The number of aromatic nitrogens is 2. The van der Waals surface area contributed by atoms with Gasteiger partial charge in [-0.15, -0.1) is 0 Å². The summed E-state index contributed by atoms with van der Waals surface area (Å²) in [4.78, 5) is 25.4. The maximum Gasteiger partial charge on any atom is 0.335 e. The summed E-state index contributed by atoms with van der Waals surface area (Å²) in [5, 5.41) is 10.0. The smallest absolute Gasteiger partial charge is 0.335 e. The molecule has 0 spiro atoms. The fourth-order valence-electron chi connectivity index (χ4n) is 1.81. The molecule has 100 valence electrons. The molecule has 0 radical (unpaired) electrons. The number of hydrogen-bond donors (Lipinski definition) is 2. The molecule has 0 bridgehead atoms. The average molecular weight is 262 g/mol. The van der Waals surface area contributed by atoms with Gasteiger partial charge < -0.3 is 9.84 Å². The number of aryl methyl sites for hydroxylation is 1. The number of benzene rings is 1. The Kier molecular flexibility index (Phi) is 3.16. The van der Waals surface area contributed by atoms with E-state index in [9.17, 15) is 14.7 Å². The second-order valence-electron chi connectivity index (χ2n) is 4.22. The van der Waals surface area contributed by atoms with E-state index in [4.69, 9.17) is 4.74 Å². The first-order valence-corrected chi connectivity index (χ1v) is 5.65. The zero-order valence-electron chi connectivity index (χ0n) is 10.9. The SMILES string of the molecule is COc1ccc(C)cc1-n1c(O)c(C)c(=O)[nH]c1=O. The van der Waals surface area contributed by atoms with Gasteiger partial charge in [0, 0.05) is 0 Å². The summed E-state index contributed by atoms with van der Waals surface area (Å²) in [7, 11) is 1.47. The number of hydrogen-bond acceptors (Lipinski definition) is 4. The largest absolute Gasteiger partial charge is 0.495 e. The van der Waals surface area contributed by atoms with Crippen LogP contribution in [0.1, 0.15) is 11.1 Å². The number of rotatable bonds is 2. The van der Waals surface area contributed by atoms with Crippen molar-refractivity contribution in [1.82, 2.24) is 9.55 Å². The number of ether oxygens (including phenoxy) is 1. The first-order valence-electron chi connectivity index (χ1n) is 5.65. The lowest BCUT2D eigenvalue weighted by molar-refractivity contribution is 0.400. The van der Waals surface area contributed by atoms with Crippen LogP contribution in [0.5, 0.6) is 11.6 Å². The molecule has 2 N–H and O–H groups in total. The van der Waals surface area contributed by atoms with Crippen LogP contribution in [0.4, 0.5) is 0 Å². The Morgan fingerprint density at radius 1 is 1.26 bits per heavy atom. The maximum absolute atomic E-state index is 11.9. The van der Waals surface area contributed by atoms with Crippen LogP contribution in [0, 0.1) is 13.8 Å². The number of H-pyrrole nitrogens is 1. The summed E-state index contributed by atoms with van der Waals surface area (Å²) in [6.45, 7) is 3.29. The molecule has 1 aromatic heterocycles.